The Hall–Kier alpha value is -1.75. The fraction of sp³-hybridized carbons (Fsp3) is 0.333. The fourth-order valence-electron chi connectivity index (χ4n) is 2.49. The number of carboxylic acids is 1. The third-order valence-corrected chi connectivity index (χ3v) is 4.64. The molecule has 0 saturated carbocycles. The van der Waals surface area contributed by atoms with Crippen molar-refractivity contribution in [3.05, 3.63) is 41.6 Å². The minimum absolute atomic E-state index is 0.0560. The highest BCUT2D eigenvalue weighted by Gasteiger charge is 2.17. The van der Waals surface area contributed by atoms with Gasteiger partial charge in [-0.15, -0.1) is 0 Å². The van der Waals surface area contributed by atoms with Crippen molar-refractivity contribution >= 4 is 17.7 Å². The van der Waals surface area contributed by atoms with E-state index in [0.29, 0.717) is 11.7 Å². The molecule has 1 saturated heterocycles. The predicted molar refractivity (Wildman–Crippen MR) is 78.2 cm³/mol. The van der Waals surface area contributed by atoms with Crippen LogP contribution in [-0.2, 0) is 0 Å². The van der Waals surface area contributed by atoms with Crippen molar-refractivity contribution in [2.45, 2.75) is 18.8 Å². The fourth-order valence-corrected chi connectivity index (χ4v) is 3.60. The maximum Gasteiger partial charge on any atom is 0.358 e. The summed E-state index contributed by atoms with van der Waals surface area (Å²) in [5.74, 6) is 2.45. The van der Waals surface area contributed by atoms with Crippen LogP contribution in [0.5, 0.6) is 0 Å². The van der Waals surface area contributed by atoms with Gasteiger partial charge in [0.25, 0.3) is 0 Å². The van der Waals surface area contributed by atoms with Crippen molar-refractivity contribution in [3.63, 3.8) is 0 Å². The van der Waals surface area contributed by atoms with Gasteiger partial charge in [-0.3, -0.25) is 0 Å². The first-order chi connectivity index (χ1) is 9.74. The number of hydrogen-bond acceptors (Lipinski definition) is 4. The summed E-state index contributed by atoms with van der Waals surface area (Å²) < 4.78 is 5.12. The van der Waals surface area contributed by atoms with Crippen LogP contribution >= 0.6 is 11.8 Å². The van der Waals surface area contributed by atoms with Gasteiger partial charge in [0.05, 0.1) is 0 Å². The van der Waals surface area contributed by atoms with E-state index >= 15 is 0 Å². The SMILES string of the molecule is O=C(O)c1cc(-c2cccc(C3CCSCC3)c2)on1. The average molecular weight is 289 g/mol. The van der Waals surface area contributed by atoms with Crippen molar-refractivity contribution < 1.29 is 14.4 Å². The predicted octanol–water partition coefficient (Wildman–Crippen LogP) is 3.65. The van der Waals surface area contributed by atoms with Gasteiger partial charge >= 0.3 is 5.97 Å². The minimum Gasteiger partial charge on any atom is -0.476 e. The third-order valence-electron chi connectivity index (χ3n) is 3.59. The van der Waals surface area contributed by atoms with Crippen LogP contribution in [0.15, 0.2) is 34.9 Å². The molecule has 1 aromatic carbocycles. The summed E-state index contributed by atoms with van der Waals surface area (Å²) in [4.78, 5) is 10.8. The Morgan fingerprint density at radius 2 is 2.10 bits per heavy atom. The van der Waals surface area contributed by atoms with Crippen molar-refractivity contribution in [3.8, 4) is 11.3 Å². The Bertz CT molecular complexity index is 617. The zero-order valence-corrected chi connectivity index (χ0v) is 11.7. The van der Waals surface area contributed by atoms with E-state index in [4.69, 9.17) is 9.63 Å². The standard InChI is InChI=1S/C15H15NO3S/c17-15(18)13-9-14(19-16-13)12-3-1-2-11(8-12)10-4-6-20-7-5-10/h1-3,8-10H,4-7H2,(H,17,18). The molecule has 1 N–H and O–H groups in total. The molecule has 0 aliphatic carbocycles. The summed E-state index contributed by atoms with van der Waals surface area (Å²) in [6, 6.07) is 9.62. The molecule has 104 valence electrons. The van der Waals surface area contributed by atoms with Crippen molar-refractivity contribution in [2.24, 2.45) is 0 Å². The molecule has 1 aromatic heterocycles. The Balaban J connectivity index is 1.87. The number of nitrogens with zero attached hydrogens (tertiary/aromatic N) is 1. The van der Waals surface area contributed by atoms with E-state index < -0.39 is 5.97 Å². The lowest BCUT2D eigenvalue weighted by Crippen LogP contribution is -2.07. The van der Waals surface area contributed by atoms with Crippen LogP contribution < -0.4 is 0 Å². The summed E-state index contributed by atoms with van der Waals surface area (Å²) in [7, 11) is 0. The van der Waals surface area contributed by atoms with Crippen LogP contribution in [0.1, 0.15) is 34.8 Å². The van der Waals surface area contributed by atoms with Gasteiger partial charge in [-0.1, -0.05) is 23.4 Å². The third kappa shape index (κ3) is 2.72. The quantitative estimate of drug-likeness (QED) is 0.934. The first-order valence-electron chi connectivity index (χ1n) is 6.62. The van der Waals surface area contributed by atoms with Crippen molar-refractivity contribution in [1.82, 2.24) is 5.16 Å². The molecule has 0 unspecified atom stereocenters. The van der Waals surface area contributed by atoms with Crippen LogP contribution in [0.3, 0.4) is 0 Å². The van der Waals surface area contributed by atoms with E-state index in [1.165, 1.54) is 36.0 Å². The molecule has 0 bridgehead atoms. The van der Waals surface area contributed by atoms with Gasteiger partial charge in [0.2, 0.25) is 0 Å². The highest BCUT2D eigenvalue weighted by atomic mass is 32.2. The van der Waals surface area contributed by atoms with Gasteiger partial charge in [-0.2, -0.15) is 11.8 Å². The smallest absolute Gasteiger partial charge is 0.358 e. The molecular formula is C15H15NO3S. The van der Waals surface area contributed by atoms with Gasteiger partial charge in [-0.05, 0) is 41.9 Å². The Labute approximate surface area is 121 Å². The van der Waals surface area contributed by atoms with Crippen LogP contribution in [0.25, 0.3) is 11.3 Å². The molecular weight excluding hydrogens is 274 g/mol. The Kier molecular flexibility index (Phi) is 3.78. The maximum atomic E-state index is 10.8. The zero-order valence-electron chi connectivity index (χ0n) is 10.9. The molecule has 0 radical (unpaired) electrons. The van der Waals surface area contributed by atoms with E-state index in [2.05, 4.69) is 17.3 Å². The molecule has 1 aliphatic rings. The molecule has 1 aliphatic heterocycles. The summed E-state index contributed by atoms with van der Waals surface area (Å²) in [5.41, 5.74) is 2.14. The van der Waals surface area contributed by atoms with Crippen LogP contribution in [0, 0.1) is 0 Å². The van der Waals surface area contributed by atoms with Crippen molar-refractivity contribution in [2.75, 3.05) is 11.5 Å². The molecule has 1 fully saturated rings. The van der Waals surface area contributed by atoms with Crippen LogP contribution in [0.2, 0.25) is 0 Å². The van der Waals surface area contributed by atoms with Crippen LogP contribution in [-0.4, -0.2) is 27.7 Å². The molecule has 4 nitrogen and oxygen atoms in total. The summed E-state index contributed by atoms with van der Waals surface area (Å²) in [5, 5.41) is 12.4. The lowest BCUT2D eigenvalue weighted by Gasteiger charge is -2.21. The second-order valence-electron chi connectivity index (χ2n) is 4.89. The van der Waals surface area contributed by atoms with Gasteiger partial charge in [0.15, 0.2) is 11.5 Å². The van der Waals surface area contributed by atoms with E-state index in [1.807, 2.05) is 23.9 Å². The number of hydrogen-bond donors (Lipinski definition) is 1. The summed E-state index contributed by atoms with van der Waals surface area (Å²) in [6.45, 7) is 0. The first kappa shape index (κ1) is 13.2. The summed E-state index contributed by atoms with van der Waals surface area (Å²) >= 11 is 2.01. The monoisotopic (exact) mass is 289 g/mol. The molecule has 2 aromatic rings. The van der Waals surface area contributed by atoms with Gasteiger partial charge in [0, 0.05) is 11.6 Å². The zero-order chi connectivity index (χ0) is 13.9. The molecule has 2 heterocycles. The van der Waals surface area contributed by atoms with E-state index in [-0.39, 0.29) is 5.69 Å². The molecule has 5 heteroatoms. The van der Waals surface area contributed by atoms with Gasteiger partial charge in [-0.25, -0.2) is 4.79 Å². The maximum absolute atomic E-state index is 10.8. The first-order valence-corrected chi connectivity index (χ1v) is 7.77. The highest BCUT2D eigenvalue weighted by molar-refractivity contribution is 7.99. The largest absolute Gasteiger partial charge is 0.476 e. The molecule has 0 atom stereocenters. The number of aromatic nitrogens is 1. The molecule has 20 heavy (non-hydrogen) atoms. The number of carbonyl (C=O) groups is 1. The number of benzene rings is 1. The van der Waals surface area contributed by atoms with E-state index in [1.54, 1.807) is 0 Å². The van der Waals surface area contributed by atoms with Crippen LogP contribution in [0.4, 0.5) is 0 Å². The van der Waals surface area contributed by atoms with Gasteiger partial charge < -0.3 is 9.63 Å². The minimum atomic E-state index is -1.07. The number of thioether (sulfide) groups is 1. The van der Waals surface area contributed by atoms with E-state index in [0.717, 1.165) is 5.56 Å². The second kappa shape index (κ2) is 5.71. The molecule has 3 rings (SSSR count). The van der Waals surface area contributed by atoms with Crippen molar-refractivity contribution in [1.29, 1.82) is 0 Å². The normalized spacial score (nSPS) is 16.2. The molecule has 0 spiro atoms. The van der Waals surface area contributed by atoms with Gasteiger partial charge in [0.1, 0.15) is 0 Å². The summed E-state index contributed by atoms with van der Waals surface area (Å²) in [6.07, 6.45) is 2.40. The Morgan fingerprint density at radius 3 is 2.80 bits per heavy atom. The second-order valence-corrected chi connectivity index (χ2v) is 6.12. The number of carboxylic acid groups (broad SMARTS) is 1. The lowest BCUT2D eigenvalue weighted by molar-refractivity contribution is 0.0686. The van der Waals surface area contributed by atoms with E-state index in [9.17, 15) is 4.79 Å². The lowest BCUT2D eigenvalue weighted by atomic mass is 9.92. The Morgan fingerprint density at radius 1 is 1.30 bits per heavy atom. The highest BCUT2D eigenvalue weighted by Crippen LogP contribution is 2.33. The molecule has 0 amide bonds. The average Bonchev–Trinajstić information content (AvgIpc) is 2.98. The number of aromatic carboxylic acids is 1. The number of rotatable bonds is 3. The topological polar surface area (TPSA) is 63.3 Å².